The van der Waals surface area contributed by atoms with E-state index in [9.17, 15) is 0 Å². The van der Waals surface area contributed by atoms with Gasteiger partial charge in [-0.15, -0.1) is 0 Å². The van der Waals surface area contributed by atoms with Gasteiger partial charge in [-0.2, -0.15) is 0 Å². The van der Waals surface area contributed by atoms with Gasteiger partial charge in [0, 0.05) is 63.4 Å². The number of rotatable bonds is 7. The summed E-state index contributed by atoms with van der Waals surface area (Å²) in [6, 6.07) is 0. The Morgan fingerprint density at radius 1 is 0.929 bits per heavy atom. The molecule has 2 aliphatic heterocycles. The Balaban J connectivity index is 1.48. The third-order valence-electron chi connectivity index (χ3n) is 5.90. The maximum Gasteiger partial charge on any atom is 0.172 e. The number of piperidine rings is 1. The van der Waals surface area contributed by atoms with Crippen LogP contribution >= 0.6 is 0 Å². The topological polar surface area (TPSA) is 53.3 Å². The first-order valence-electron chi connectivity index (χ1n) is 10.7. The minimum atomic E-state index is 0.455. The fourth-order valence-corrected chi connectivity index (χ4v) is 4.51. The zero-order valence-electron chi connectivity index (χ0n) is 17.3. The molecular weight excluding hydrogens is 350 g/mol. The monoisotopic (exact) mass is 383 g/mol. The molecule has 2 aromatic heterocycles. The first-order chi connectivity index (χ1) is 13.7. The van der Waals surface area contributed by atoms with Gasteiger partial charge in [0.2, 0.25) is 0 Å². The molecule has 0 bridgehead atoms. The Hall–Kier alpha value is -2.15. The van der Waals surface area contributed by atoms with E-state index in [0.717, 1.165) is 57.3 Å². The van der Waals surface area contributed by atoms with Crippen LogP contribution in [-0.2, 0) is 6.54 Å². The highest BCUT2D eigenvalue weighted by Crippen LogP contribution is 2.33. The van der Waals surface area contributed by atoms with E-state index in [1.807, 2.05) is 18.6 Å². The van der Waals surface area contributed by atoms with Gasteiger partial charge in [0.1, 0.15) is 5.82 Å². The van der Waals surface area contributed by atoms with Gasteiger partial charge in [-0.25, -0.2) is 15.0 Å². The molecule has 152 valence electrons. The summed E-state index contributed by atoms with van der Waals surface area (Å²) in [6.07, 6.45) is 13.8. The molecule has 0 aliphatic carbocycles. The van der Waals surface area contributed by atoms with Gasteiger partial charge < -0.3 is 19.3 Å². The third-order valence-corrected chi connectivity index (χ3v) is 5.90. The van der Waals surface area contributed by atoms with Gasteiger partial charge in [0.25, 0.3) is 0 Å². The molecule has 4 rings (SSSR count). The van der Waals surface area contributed by atoms with Crippen molar-refractivity contribution in [1.82, 2.24) is 24.4 Å². The predicted octanol–water partition coefficient (Wildman–Crippen LogP) is 2.61. The van der Waals surface area contributed by atoms with Gasteiger partial charge >= 0.3 is 0 Å². The van der Waals surface area contributed by atoms with Crippen LogP contribution in [0.5, 0.6) is 0 Å². The molecule has 2 aromatic rings. The molecule has 28 heavy (non-hydrogen) atoms. The summed E-state index contributed by atoms with van der Waals surface area (Å²) in [5.74, 6) is 3.81. The van der Waals surface area contributed by atoms with E-state index in [-0.39, 0.29) is 0 Å². The van der Waals surface area contributed by atoms with Gasteiger partial charge in [-0.1, -0.05) is 0 Å². The Labute approximate surface area is 168 Å². The third kappa shape index (κ3) is 4.29. The smallest absolute Gasteiger partial charge is 0.172 e. The highest BCUT2D eigenvalue weighted by Gasteiger charge is 2.28. The molecule has 0 radical (unpaired) electrons. The number of nitrogens with zero attached hydrogens (tertiary/aromatic N) is 7. The quantitative estimate of drug-likeness (QED) is 0.733. The van der Waals surface area contributed by atoms with Crippen LogP contribution in [0.25, 0.3) is 0 Å². The number of aromatic nitrogens is 4. The summed E-state index contributed by atoms with van der Waals surface area (Å²) < 4.78 is 2.36. The van der Waals surface area contributed by atoms with Crippen molar-refractivity contribution in [3.63, 3.8) is 0 Å². The molecule has 0 N–H and O–H groups in total. The molecule has 2 fully saturated rings. The number of hydrogen-bond donors (Lipinski definition) is 0. The lowest BCUT2D eigenvalue weighted by Gasteiger charge is -2.35. The molecule has 7 heteroatoms. The van der Waals surface area contributed by atoms with E-state index in [2.05, 4.69) is 39.6 Å². The summed E-state index contributed by atoms with van der Waals surface area (Å²) in [4.78, 5) is 21.3. The average Bonchev–Trinajstić information content (AvgIpc) is 3.40. The lowest BCUT2D eigenvalue weighted by Crippen LogP contribution is -2.37. The van der Waals surface area contributed by atoms with Crippen molar-refractivity contribution in [2.45, 2.75) is 44.6 Å². The van der Waals surface area contributed by atoms with E-state index < -0.39 is 0 Å². The van der Waals surface area contributed by atoms with Crippen molar-refractivity contribution in [2.24, 2.45) is 0 Å². The molecule has 4 heterocycles. The maximum atomic E-state index is 4.74. The maximum absolute atomic E-state index is 4.74. The Bertz CT molecular complexity index is 751. The molecular formula is C21H33N7. The summed E-state index contributed by atoms with van der Waals surface area (Å²) >= 11 is 0. The largest absolute Gasteiger partial charge is 0.354 e. The molecule has 2 saturated heterocycles. The highest BCUT2D eigenvalue weighted by molar-refractivity contribution is 5.63. The summed E-state index contributed by atoms with van der Waals surface area (Å²) in [6.45, 7) is 6.36. The molecule has 2 aliphatic rings. The second-order valence-electron chi connectivity index (χ2n) is 8.32. The van der Waals surface area contributed by atoms with Crippen LogP contribution in [0.3, 0.4) is 0 Å². The van der Waals surface area contributed by atoms with Crippen molar-refractivity contribution in [2.75, 3.05) is 56.6 Å². The first-order valence-corrected chi connectivity index (χ1v) is 10.7. The van der Waals surface area contributed by atoms with E-state index in [1.165, 1.54) is 31.5 Å². The summed E-state index contributed by atoms with van der Waals surface area (Å²) in [5, 5.41) is 0. The second kappa shape index (κ2) is 8.90. The number of anilines is 2. The fourth-order valence-electron chi connectivity index (χ4n) is 4.51. The zero-order chi connectivity index (χ0) is 19.3. The molecule has 0 aromatic carbocycles. The molecule has 1 atom stereocenters. The van der Waals surface area contributed by atoms with Gasteiger partial charge in [-0.05, 0) is 52.7 Å². The first kappa shape index (κ1) is 19.2. The van der Waals surface area contributed by atoms with Crippen molar-refractivity contribution >= 4 is 11.6 Å². The zero-order valence-corrected chi connectivity index (χ0v) is 17.3. The van der Waals surface area contributed by atoms with Crippen molar-refractivity contribution in [1.29, 1.82) is 0 Å². The van der Waals surface area contributed by atoms with Crippen LogP contribution in [0.2, 0.25) is 0 Å². The SMILES string of the molecule is CN(C)CCCn1ccnc1C1CCCN(c2nccnc2N2CCCC2)C1. The van der Waals surface area contributed by atoms with Crippen molar-refractivity contribution < 1.29 is 0 Å². The van der Waals surface area contributed by atoms with E-state index in [1.54, 1.807) is 0 Å². The second-order valence-corrected chi connectivity index (χ2v) is 8.32. The Morgan fingerprint density at radius 2 is 1.64 bits per heavy atom. The van der Waals surface area contributed by atoms with Crippen LogP contribution in [0.1, 0.15) is 43.8 Å². The van der Waals surface area contributed by atoms with E-state index in [4.69, 9.17) is 15.0 Å². The summed E-state index contributed by atoms with van der Waals surface area (Å²) in [5.41, 5.74) is 0. The van der Waals surface area contributed by atoms with Crippen LogP contribution in [0.15, 0.2) is 24.8 Å². The lowest BCUT2D eigenvalue weighted by molar-refractivity contribution is 0.380. The molecule has 0 spiro atoms. The highest BCUT2D eigenvalue weighted by atomic mass is 15.3. The van der Waals surface area contributed by atoms with Gasteiger partial charge in [0.05, 0.1) is 0 Å². The lowest BCUT2D eigenvalue weighted by atomic mass is 9.97. The standard InChI is InChI=1S/C21H33N7/c1-25(2)11-6-15-27-16-10-24-19(27)18-7-5-14-28(17-18)21-20(22-8-9-23-21)26-12-3-4-13-26/h8-10,16,18H,3-7,11-15,17H2,1-2H3. The minimum absolute atomic E-state index is 0.455. The fraction of sp³-hybridized carbons (Fsp3) is 0.667. The molecule has 0 amide bonds. The van der Waals surface area contributed by atoms with Crippen molar-refractivity contribution in [3.8, 4) is 0 Å². The Morgan fingerprint density at radius 3 is 2.39 bits per heavy atom. The van der Waals surface area contributed by atoms with Gasteiger partial charge in [0.15, 0.2) is 11.6 Å². The molecule has 0 saturated carbocycles. The molecule has 7 nitrogen and oxygen atoms in total. The van der Waals surface area contributed by atoms with Crippen LogP contribution in [-0.4, -0.2) is 71.2 Å². The number of aryl methyl sites for hydroxylation is 1. The minimum Gasteiger partial charge on any atom is -0.354 e. The number of hydrogen-bond acceptors (Lipinski definition) is 6. The Kier molecular flexibility index (Phi) is 6.10. The van der Waals surface area contributed by atoms with Crippen molar-refractivity contribution in [3.05, 3.63) is 30.6 Å². The van der Waals surface area contributed by atoms with Gasteiger partial charge in [-0.3, -0.25) is 0 Å². The van der Waals surface area contributed by atoms with Crippen LogP contribution in [0.4, 0.5) is 11.6 Å². The molecule has 1 unspecified atom stereocenters. The van der Waals surface area contributed by atoms with E-state index in [0.29, 0.717) is 5.92 Å². The summed E-state index contributed by atoms with van der Waals surface area (Å²) in [7, 11) is 4.26. The van der Waals surface area contributed by atoms with Crippen LogP contribution in [0, 0.1) is 0 Å². The normalized spacial score (nSPS) is 20.3. The van der Waals surface area contributed by atoms with Crippen LogP contribution < -0.4 is 9.80 Å². The van der Waals surface area contributed by atoms with E-state index >= 15 is 0 Å². The predicted molar refractivity (Wildman–Crippen MR) is 113 cm³/mol. The average molecular weight is 384 g/mol. The number of imidazole rings is 1.